The van der Waals surface area contributed by atoms with Crippen molar-refractivity contribution in [1.29, 1.82) is 0 Å². The second-order valence-electron chi connectivity index (χ2n) is 6.76. The van der Waals surface area contributed by atoms with Crippen LogP contribution in [0.3, 0.4) is 0 Å². The molecule has 3 N–H and O–H groups in total. The van der Waals surface area contributed by atoms with Gasteiger partial charge >= 0.3 is 0 Å². The minimum Gasteiger partial charge on any atom is -0.400 e. The highest BCUT2D eigenvalue weighted by molar-refractivity contribution is 6.03. The van der Waals surface area contributed by atoms with Gasteiger partial charge in [0.25, 0.3) is 5.91 Å². The summed E-state index contributed by atoms with van der Waals surface area (Å²) in [6.45, 7) is 0. The van der Waals surface area contributed by atoms with Gasteiger partial charge in [-0.2, -0.15) is 5.10 Å². The summed E-state index contributed by atoms with van der Waals surface area (Å²) >= 11 is 0. The number of aryl methyl sites for hydroxylation is 1. The number of hydrogen-bond donors (Lipinski definition) is 3. The first-order valence-corrected chi connectivity index (χ1v) is 9.59. The maximum atomic E-state index is 11.8. The zero-order valence-corrected chi connectivity index (χ0v) is 18.1. The van der Waals surface area contributed by atoms with Gasteiger partial charge in [-0.1, -0.05) is 24.3 Å². The predicted octanol–water partition coefficient (Wildman–Crippen LogP) is 1.87. The SMILES string of the molecule is CN(C)C(=O)c1ccc(C(O)N=C2Cc3ccccc3N2)cn1.CO.Cn1cccn1. The number of amidine groups is 1. The van der Waals surface area contributed by atoms with Crippen LogP contribution in [0.1, 0.15) is 27.8 Å². The van der Waals surface area contributed by atoms with Crippen molar-refractivity contribution in [3.8, 4) is 0 Å². The van der Waals surface area contributed by atoms with Crippen molar-refractivity contribution in [2.45, 2.75) is 12.6 Å². The van der Waals surface area contributed by atoms with Crippen LogP contribution in [0.25, 0.3) is 0 Å². The van der Waals surface area contributed by atoms with Crippen molar-refractivity contribution in [3.05, 3.63) is 77.9 Å². The average molecular weight is 425 g/mol. The van der Waals surface area contributed by atoms with Crippen LogP contribution in [0.4, 0.5) is 5.69 Å². The van der Waals surface area contributed by atoms with Crippen LogP contribution in [0, 0.1) is 0 Å². The maximum Gasteiger partial charge on any atom is 0.271 e. The van der Waals surface area contributed by atoms with Crippen LogP contribution in [-0.4, -0.2) is 62.8 Å². The average Bonchev–Trinajstić information content (AvgIpc) is 3.43. The van der Waals surface area contributed by atoms with E-state index < -0.39 is 6.23 Å². The number of aromatic nitrogens is 3. The number of aliphatic hydroxyl groups excluding tert-OH is 2. The highest BCUT2D eigenvalue weighted by Gasteiger charge is 2.17. The van der Waals surface area contributed by atoms with Crippen molar-refractivity contribution >= 4 is 17.4 Å². The highest BCUT2D eigenvalue weighted by Crippen LogP contribution is 2.24. The molecule has 0 saturated heterocycles. The molecule has 1 aromatic carbocycles. The zero-order valence-electron chi connectivity index (χ0n) is 18.1. The summed E-state index contributed by atoms with van der Waals surface area (Å²) in [5, 5.41) is 24.3. The molecule has 0 radical (unpaired) electrons. The fourth-order valence-corrected chi connectivity index (χ4v) is 2.74. The largest absolute Gasteiger partial charge is 0.400 e. The molecule has 9 heteroatoms. The monoisotopic (exact) mass is 424 g/mol. The molecule has 0 spiro atoms. The number of carbonyl (C=O) groups excluding carboxylic acids is 1. The lowest BCUT2D eigenvalue weighted by Crippen LogP contribution is -2.22. The van der Waals surface area contributed by atoms with Crippen molar-refractivity contribution in [2.75, 3.05) is 26.5 Å². The van der Waals surface area contributed by atoms with Crippen molar-refractivity contribution < 1.29 is 15.0 Å². The number of rotatable bonds is 3. The van der Waals surface area contributed by atoms with E-state index in [0.717, 1.165) is 18.4 Å². The van der Waals surface area contributed by atoms with Gasteiger partial charge in [0.15, 0.2) is 6.23 Å². The quantitative estimate of drug-likeness (QED) is 0.591. The van der Waals surface area contributed by atoms with Gasteiger partial charge in [-0.25, -0.2) is 4.99 Å². The Morgan fingerprint density at radius 3 is 2.45 bits per heavy atom. The van der Waals surface area contributed by atoms with E-state index in [2.05, 4.69) is 20.4 Å². The second-order valence-corrected chi connectivity index (χ2v) is 6.76. The fourth-order valence-electron chi connectivity index (χ4n) is 2.74. The summed E-state index contributed by atoms with van der Waals surface area (Å²) in [7, 11) is 6.23. The minimum atomic E-state index is -1.01. The third-order valence-corrected chi connectivity index (χ3v) is 4.28. The maximum absolute atomic E-state index is 11.8. The molecule has 1 atom stereocenters. The lowest BCUT2D eigenvalue weighted by atomic mass is 10.2. The van der Waals surface area contributed by atoms with Gasteiger partial charge in [0, 0.05) is 64.5 Å². The van der Waals surface area contributed by atoms with E-state index in [9.17, 15) is 9.90 Å². The number of nitrogens with zero attached hydrogens (tertiary/aromatic N) is 5. The minimum absolute atomic E-state index is 0.176. The van der Waals surface area contributed by atoms with E-state index in [4.69, 9.17) is 5.11 Å². The number of aliphatic hydroxyl groups is 2. The van der Waals surface area contributed by atoms with E-state index in [0.29, 0.717) is 23.5 Å². The van der Waals surface area contributed by atoms with E-state index in [1.54, 1.807) is 37.1 Å². The van der Waals surface area contributed by atoms with Gasteiger partial charge in [-0.15, -0.1) is 0 Å². The number of anilines is 1. The number of fused-ring (bicyclic) bond motifs is 1. The van der Waals surface area contributed by atoms with Crippen molar-refractivity contribution in [3.63, 3.8) is 0 Å². The van der Waals surface area contributed by atoms with Crippen LogP contribution in [0.5, 0.6) is 0 Å². The molecular formula is C22H28N6O3. The molecule has 4 rings (SSSR count). The van der Waals surface area contributed by atoms with Crippen LogP contribution >= 0.6 is 0 Å². The molecular weight excluding hydrogens is 396 g/mol. The molecule has 0 bridgehead atoms. The Kier molecular flexibility index (Phi) is 8.86. The molecule has 3 heterocycles. The fraction of sp³-hybridized carbons (Fsp3) is 0.273. The predicted molar refractivity (Wildman–Crippen MR) is 120 cm³/mol. The first-order chi connectivity index (χ1) is 14.9. The summed E-state index contributed by atoms with van der Waals surface area (Å²) in [4.78, 5) is 21.6. The lowest BCUT2D eigenvalue weighted by molar-refractivity contribution is 0.0821. The third-order valence-electron chi connectivity index (χ3n) is 4.28. The van der Waals surface area contributed by atoms with Gasteiger partial charge in [0.05, 0.1) is 0 Å². The van der Waals surface area contributed by atoms with E-state index in [1.807, 2.05) is 43.6 Å². The number of benzene rings is 1. The Bertz CT molecular complexity index is 958. The van der Waals surface area contributed by atoms with Crippen LogP contribution < -0.4 is 5.32 Å². The molecule has 0 fully saturated rings. The molecule has 31 heavy (non-hydrogen) atoms. The standard InChI is InChI=1S/C17H18N4O2.C4H6N2.CH4O/c1-21(2)17(23)14-8-7-12(10-18-14)16(22)20-15-9-11-5-3-4-6-13(11)19-15;1-6-4-2-3-5-6;1-2/h3-8,10,16,22H,9H2,1-2H3,(H,19,20);2-4H,1H3;2H,1H3. The first-order valence-electron chi connectivity index (χ1n) is 9.59. The van der Waals surface area contributed by atoms with Crippen LogP contribution in [0.15, 0.2) is 66.0 Å². The molecule has 1 aliphatic heterocycles. The third kappa shape index (κ3) is 6.73. The molecule has 1 aliphatic rings. The molecule has 2 aromatic heterocycles. The Morgan fingerprint density at radius 2 is 1.94 bits per heavy atom. The Labute approximate surface area is 181 Å². The van der Waals surface area contributed by atoms with Gasteiger partial charge < -0.3 is 20.4 Å². The van der Waals surface area contributed by atoms with Gasteiger partial charge in [0.2, 0.25) is 0 Å². The zero-order chi connectivity index (χ0) is 22.8. The summed E-state index contributed by atoms with van der Waals surface area (Å²) < 4.78 is 1.75. The van der Waals surface area contributed by atoms with Crippen LogP contribution in [-0.2, 0) is 13.5 Å². The number of nitrogens with one attached hydrogen (secondary N) is 1. The van der Waals surface area contributed by atoms with E-state index >= 15 is 0 Å². The van der Waals surface area contributed by atoms with Gasteiger partial charge in [-0.3, -0.25) is 14.5 Å². The van der Waals surface area contributed by atoms with E-state index in [1.165, 1.54) is 11.1 Å². The highest BCUT2D eigenvalue weighted by atomic mass is 16.3. The molecule has 0 saturated carbocycles. The number of aliphatic imine (C=N–C) groups is 1. The Balaban J connectivity index is 0.000000363. The van der Waals surface area contributed by atoms with Gasteiger partial charge in [-0.05, 0) is 23.8 Å². The van der Waals surface area contributed by atoms with Crippen molar-refractivity contribution in [1.82, 2.24) is 19.7 Å². The summed E-state index contributed by atoms with van der Waals surface area (Å²) in [6.07, 6.45) is 4.77. The molecule has 164 valence electrons. The van der Waals surface area contributed by atoms with Crippen molar-refractivity contribution in [2.24, 2.45) is 12.0 Å². The number of pyridine rings is 1. The number of carbonyl (C=O) groups is 1. The number of amides is 1. The Hall–Kier alpha value is -3.56. The number of para-hydroxylation sites is 1. The first kappa shape index (κ1) is 23.7. The van der Waals surface area contributed by atoms with Crippen LogP contribution in [0.2, 0.25) is 0 Å². The molecule has 1 unspecified atom stereocenters. The summed E-state index contributed by atoms with van der Waals surface area (Å²) in [5.74, 6) is 0.539. The number of hydrogen-bond acceptors (Lipinski definition) is 6. The normalized spacial score (nSPS) is 13.7. The molecule has 9 nitrogen and oxygen atoms in total. The molecule has 0 aliphatic carbocycles. The lowest BCUT2D eigenvalue weighted by Gasteiger charge is -2.11. The summed E-state index contributed by atoms with van der Waals surface area (Å²) in [5.41, 5.74) is 3.06. The second kappa shape index (κ2) is 11.6. The van der Waals surface area contributed by atoms with E-state index in [-0.39, 0.29) is 5.91 Å². The molecule has 1 amide bonds. The topological polar surface area (TPSA) is 116 Å². The summed E-state index contributed by atoms with van der Waals surface area (Å²) in [6, 6.07) is 13.1. The van der Waals surface area contributed by atoms with Gasteiger partial charge in [0.1, 0.15) is 11.5 Å². The Morgan fingerprint density at radius 1 is 1.19 bits per heavy atom. The molecule has 3 aromatic rings. The smallest absolute Gasteiger partial charge is 0.271 e.